The number of fused-ring (bicyclic) bond motifs is 1. The summed E-state index contributed by atoms with van der Waals surface area (Å²) in [5, 5.41) is 0.516. The van der Waals surface area contributed by atoms with E-state index in [0.717, 1.165) is 0 Å². The molecule has 1 unspecified atom stereocenters. The number of hydrogen-bond acceptors (Lipinski definition) is 5. The van der Waals surface area contributed by atoms with Crippen molar-refractivity contribution >= 4 is 35.0 Å². The third-order valence-corrected chi connectivity index (χ3v) is 6.33. The number of halogens is 1. The normalized spacial score (nSPS) is 20.1. The standard InChI is InChI=1S/C23H22ClN3O5/c24-17-3-1-2-15(10-17)22(29)25-6-8-26(9-7-25)23(30)16-11-21(28)27(13-16)18-4-5-19-20(12-18)32-14-31-19/h1-5,10,12,16H,6-9,11,13-14H2. The summed E-state index contributed by atoms with van der Waals surface area (Å²) in [5.74, 6) is 0.630. The maximum atomic E-state index is 13.1. The van der Waals surface area contributed by atoms with Gasteiger partial charge in [-0.1, -0.05) is 17.7 Å². The molecule has 2 saturated heterocycles. The highest BCUT2D eigenvalue weighted by atomic mass is 35.5. The van der Waals surface area contributed by atoms with E-state index in [1.54, 1.807) is 57.2 Å². The first-order valence-corrected chi connectivity index (χ1v) is 10.9. The van der Waals surface area contributed by atoms with Crippen LogP contribution >= 0.6 is 11.6 Å². The van der Waals surface area contributed by atoms with Crippen LogP contribution in [0.3, 0.4) is 0 Å². The Morgan fingerprint density at radius 1 is 0.938 bits per heavy atom. The molecule has 0 N–H and O–H groups in total. The Hall–Kier alpha value is -3.26. The van der Waals surface area contributed by atoms with E-state index in [1.807, 2.05) is 0 Å². The maximum absolute atomic E-state index is 13.1. The number of carbonyl (C=O) groups excluding carboxylic acids is 3. The van der Waals surface area contributed by atoms with Gasteiger partial charge in [0.25, 0.3) is 5.91 Å². The van der Waals surface area contributed by atoms with Crippen LogP contribution in [0.1, 0.15) is 16.8 Å². The van der Waals surface area contributed by atoms with Gasteiger partial charge in [-0.15, -0.1) is 0 Å². The number of anilines is 1. The number of amides is 3. The van der Waals surface area contributed by atoms with Crippen LogP contribution in [0.25, 0.3) is 0 Å². The van der Waals surface area contributed by atoms with Crippen LogP contribution in [0.2, 0.25) is 5.02 Å². The molecule has 0 spiro atoms. The van der Waals surface area contributed by atoms with Gasteiger partial charge in [0.1, 0.15) is 0 Å². The lowest BCUT2D eigenvalue weighted by Gasteiger charge is -2.36. The van der Waals surface area contributed by atoms with E-state index >= 15 is 0 Å². The van der Waals surface area contributed by atoms with E-state index in [-0.39, 0.29) is 30.9 Å². The fourth-order valence-electron chi connectivity index (χ4n) is 4.37. The van der Waals surface area contributed by atoms with Crippen LogP contribution in [0.4, 0.5) is 5.69 Å². The van der Waals surface area contributed by atoms with Crippen LogP contribution < -0.4 is 14.4 Å². The third kappa shape index (κ3) is 3.86. The Kier molecular flexibility index (Phi) is 5.38. The van der Waals surface area contributed by atoms with E-state index in [4.69, 9.17) is 21.1 Å². The first-order valence-electron chi connectivity index (χ1n) is 10.5. The van der Waals surface area contributed by atoms with E-state index in [2.05, 4.69) is 0 Å². The molecular weight excluding hydrogens is 434 g/mol. The van der Waals surface area contributed by atoms with Gasteiger partial charge in [-0.2, -0.15) is 0 Å². The van der Waals surface area contributed by atoms with Crippen molar-refractivity contribution in [3.63, 3.8) is 0 Å². The minimum absolute atomic E-state index is 0.0450. The van der Waals surface area contributed by atoms with Gasteiger partial charge in [-0.25, -0.2) is 0 Å². The molecule has 5 rings (SSSR count). The molecule has 3 aliphatic heterocycles. The summed E-state index contributed by atoms with van der Waals surface area (Å²) >= 11 is 5.99. The van der Waals surface area contributed by atoms with Crippen molar-refractivity contribution < 1.29 is 23.9 Å². The van der Waals surface area contributed by atoms with Gasteiger partial charge in [-0.05, 0) is 30.3 Å². The zero-order valence-corrected chi connectivity index (χ0v) is 18.1. The molecule has 8 nitrogen and oxygen atoms in total. The number of rotatable bonds is 3. The highest BCUT2D eigenvalue weighted by Crippen LogP contribution is 2.37. The van der Waals surface area contributed by atoms with Gasteiger partial charge in [0.2, 0.25) is 18.6 Å². The van der Waals surface area contributed by atoms with Crippen LogP contribution in [0.15, 0.2) is 42.5 Å². The average Bonchev–Trinajstić information content (AvgIpc) is 3.44. The first-order chi connectivity index (χ1) is 15.5. The quantitative estimate of drug-likeness (QED) is 0.710. The second-order valence-electron chi connectivity index (χ2n) is 8.07. The van der Waals surface area contributed by atoms with Gasteiger partial charge in [0.15, 0.2) is 11.5 Å². The Labute approximate surface area is 190 Å². The second-order valence-corrected chi connectivity index (χ2v) is 8.51. The van der Waals surface area contributed by atoms with Crippen LogP contribution in [0.5, 0.6) is 11.5 Å². The number of piperazine rings is 1. The van der Waals surface area contributed by atoms with Crippen molar-refractivity contribution in [3.05, 3.63) is 53.1 Å². The van der Waals surface area contributed by atoms with E-state index in [9.17, 15) is 14.4 Å². The number of nitrogens with zero attached hydrogens (tertiary/aromatic N) is 3. The number of benzene rings is 2. The molecule has 0 radical (unpaired) electrons. The third-order valence-electron chi connectivity index (χ3n) is 6.09. The predicted octanol–water partition coefficient (Wildman–Crippen LogP) is 2.41. The van der Waals surface area contributed by atoms with Gasteiger partial charge < -0.3 is 24.2 Å². The summed E-state index contributed by atoms with van der Waals surface area (Å²) in [6.07, 6.45) is 0.176. The molecule has 32 heavy (non-hydrogen) atoms. The molecule has 2 fully saturated rings. The minimum atomic E-state index is -0.400. The Bertz CT molecular complexity index is 1080. The van der Waals surface area contributed by atoms with E-state index in [1.165, 1.54) is 0 Å². The lowest BCUT2D eigenvalue weighted by atomic mass is 10.1. The summed E-state index contributed by atoms with van der Waals surface area (Å²) < 4.78 is 10.7. The number of hydrogen-bond donors (Lipinski definition) is 0. The number of carbonyl (C=O) groups is 3. The van der Waals surface area contributed by atoms with Gasteiger partial charge in [0, 0.05) is 61.5 Å². The molecule has 166 valence electrons. The lowest BCUT2D eigenvalue weighted by molar-refractivity contribution is -0.137. The summed E-state index contributed by atoms with van der Waals surface area (Å²) in [4.78, 5) is 43.5. The molecule has 3 amide bonds. The molecule has 2 aromatic carbocycles. The van der Waals surface area contributed by atoms with Crippen molar-refractivity contribution in [1.82, 2.24) is 9.80 Å². The smallest absolute Gasteiger partial charge is 0.254 e. The maximum Gasteiger partial charge on any atom is 0.254 e. The molecular formula is C23H22ClN3O5. The summed E-state index contributed by atoms with van der Waals surface area (Å²) in [7, 11) is 0. The van der Waals surface area contributed by atoms with Crippen molar-refractivity contribution in [2.24, 2.45) is 5.92 Å². The average molecular weight is 456 g/mol. The molecule has 2 aromatic rings. The first kappa shape index (κ1) is 20.6. The van der Waals surface area contributed by atoms with Gasteiger partial charge in [-0.3, -0.25) is 14.4 Å². The molecule has 9 heteroatoms. The summed E-state index contributed by atoms with van der Waals surface area (Å²) in [6.45, 7) is 2.28. The Balaban J connectivity index is 1.19. The largest absolute Gasteiger partial charge is 0.454 e. The topological polar surface area (TPSA) is 79.4 Å². The molecule has 1 atom stereocenters. The van der Waals surface area contributed by atoms with E-state index in [0.29, 0.717) is 60.5 Å². The Morgan fingerprint density at radius 2 is 1.69 bits per heavy atom. The summed E-state index contributed by atoms with van der Waals surface area (Å²) in [6, 6.07) is 12.2. The molecule has 0 aromatic heterocycles. The van der Waals surface area contributed by atoms with Crippen LogP contribution in [0, 0.1) is 5.92 Å². The molecule has 0 bridgehead atoms. The molecule has 0 saturated carbocycles. The van der Waals surface area contributed by atoms with E-state index < -0.39 is 5.92 Å². The molecule has 0 aliphatic carbocycles. The molecule has 3 heterocycles. The minimum Gasteiger partial charge on any atom is -0.454 e. The predicted molar refractivity (Wildman–Crippen MR) is 117 cm³/mol. The fourth-order valence-corrected chi connectivity index (χ4v) is 4.56. The van der Waals surface area contributed by atoms with Crippen molar-refractivity contribution in [3.8, 4) is 11.5 Å². The molecule has 3 aliphatic rings. The Morgan fingerprint density at radius 3 is 2.47 bits per heavy atom. The highest BCUT2D eigenvalue weighted by molar-refractivity contribution is 6.30. The van der Waals surface area contributed by atoms with Crippen LogP contribution in [-0.4, -0.2) is 67.0 Å². The number of ether oxygens (including phenoxy) is 2. The monoisotopic (exact) mass is 455 g/mol. The summed E-state index contributed by atoms with van der Waals surface area (Å²) in [5.41, 5.74) is 1.24. The second kappa shape index (κ2) is 8.35. The van der Waals surface area contributed by atoms with Gasteiger partial charge in [0.05, 0.1) is 5.92 Å². The van der Waals surface area contributed by atoms with Crippen LogP contribution in [-0.2, 0) is 9.59 Å². The van der Waals surface area contributed by atoms with Gasteiger partial charge >= 0.3 is 0 Å². The van der Waals surface area contributed by atoms with Crippen molar-refractivity contribution in [2.45, 2.75) is 6.42 Å². The zero-order chi connectivity index (χ0) is 22.2. The zero-order valence-electron chi connectivity index (χ0n) is 17.3. The highest BCUT2D eigenvalue weighted by Gasteiger charge is 2.38. The van der Waals surface area contributed by atoms with Crippen molar-refractivity contribution in [2.75, 3.05) is 44.4 Å². The van der Waals surface area contributed by atoms with Crippen molar-refractivity contribution in [1.29, 1.82) is 0 Å². The SMILES string of the molecule is O=C(c1cccc(Cl)c1)N1CCN(C(=O)C2CC(=O)N(c3ccc4c(c3)OCO4)C2)CC1. The fraction of sp³-hybridized carbons (Fsp3) is 0.348. The lowest BCUT2D eigenvalue weighted by Crippen LogP contribution is -2.52.